The van der Waals surface area contributed by atoms with Crippen LogP contribution in [0.4, 0.5) is 0 Å². The topological polar surface area (TPSA) is 63.6 Å². The molecule has 1 N–H and O–H groups in total. The molecule has 0 bridgehead atoms. The van der Waals surface area contributed by atoms with Crippen LogP contribution in [-0.2, 0) is 14.3 Å². The highest BCUT2D eigenvalue weighted by atomic mass is 16.5. The summed E-state index contributed by atoms with van der Waals surface area (Å²) >= 11 is 0. The van der Waals surface area contributed by atoms with Crippen LogP contribution in [0, 0.1) is 0 Å². The molecule has 0 aliphatic rings. The maximum absolute atomic E-state index is 11.2. The molecule has 0 rings (SSSR count). The third-order valence-corrected chi connectivity index (χ3v) is 2.11. The van der Waals surface area contributed by atoms with Crippen LogP contribution in [0.5, 0.6) is 0 Å². The SMILES string of the molecule is C=C(C(=O)O)C(=O)OC(CC)CCCC. The van der Waals surface area contributed by atoms with Gasteiger partial charge in [0.1, 0.15) is 11.7 Å². The first kappa shape index (κ1) is 13.7. The van der Waals surface area contributed by atoms with Gasteiger partial charge in [0.15, 0.2) is 0 Å². The number of carboxylic acid groups (broad SMARTS) is 1. The third-order valence-electron chi connectivity index (χ3n) is 2.11. The lowest BCUT2D eigenvalue weighted by molar-refractivity contribution is -0.148. The van der Waals surface area contributed by atoms with Gasteiger partial charge < -0.3 is 9.84 Å². The second-order valence-corrected chi connectivity index (χ2v) is 3.36. The molecule has 0 aliphatic heterocycles. The molecular weight excluding hydrogens is 196 g/mol. The van der Waals surface area contributed by atoms with Gasteiger partial charge >= 0.3 is 11.9 Å². The lowest BCUT2D eigenvalue weighted by Gasteiger charge is -2.15. The molecule has 0 aromatic heterocycles. The Balaban J connectivity index is 4.12. The molecular formula is C11H18O4. The average Bonchev–Trinajstić information content (AvgIpc) is 2.22. The molecule has 4 nitrogen and oxygen atoms in total. The number of esters is 1. The Morgan fingerprint density at radius 1 is 1.40 bits per heavy atom. The first-order valence-electron chi connectivity index (χ1n) is 5.16. The van der Waals surface area contributed by atoms with E-state index in [1.165, 1.54) is 0 Å². The highest BCUT2D eigenvalue weighted by Crippen LogP contribution is 2.10. The Morgan fingerprint density at radius 2 is 2.00 bits per heavy atom. The largest absolute Gasteiger partial charge is 0.477 e. The van der Waals surface area contributed by atoms with Crippen molar-refractivity contribution < 1.29 is 19.4 Å². The van der Waals surface area contributed by atoms with Crippen molar-refractivity contribution in [3.63, 3.8) is 0 Å². The maximum Gasteiger partial charge on any atom is 0.345 e. The van der Waals surface area contributed by atoms with Gasteiger partial charge in [0.25, 0.3) is 0 Å². The Labute approximate surface area is 89.9 Å². The molecule has 1 unspecified atom stereocenters. The van der Waals surface area contributed by atoms with Crippen LogP contribution < -0.4 is 0 Å². The summed E-state index contributed by atoms with van der Waals surface area (Å²) in [6, 6.07) is 0. The molecule has 0 saturated heterocycles. The molecule has 0 fully saturated rings. The average molecular weight is 214 g/mol. The summed E-state index contributed by atoms with van der Waals surface area (Å²) in [6.07, 6.45) is 3.25. The number of ether oxygens (including phenoxy) is 1. The quantitative estimate of drug-likeness (QED) is 0.305. The van der Waals surface area contributed by atoms with Crippen LogP contribution in [0.15, 0.2) is 12.2 Å². The summed E-state index contributed by atoms with van der Waals surface area (Å²) < 4.78 is 5.01. The van der Waals surface area contributed by atoms with E-state index >= 15 is 0 Å². The second kappa shape index (κ2) is 7.04. The Hall–Kier alpha value is -1.32. The van der Waals surface area contributed by atoms with Crippen molar-refractivity contribution in [1.82, 2.24) is 0 Å². The van der Waals surface area contributed by atoms with E-state index in [1.807, 2.05) is 13.8 Å². The van der Waals surface area contributed by atoms with E-state index in [4.69, 9.17) is 9.84 Å². The maximum atomic E-state index is 11.2. The molecule has 0 aliphatic carbocycles. The van der Waals surface area contributed by atoms with Crippen molar-refractivity contribution in [2.75, 3.05) is 0 Å². The molecule has 15 heavy (non-hydrogen) atoms. The smallest absolute Gasteiger partial charge is 0.345 e. The molecule has 0 aromatic carbocycles. The van der Waals surface area contributed by atoms with Crippen LogP contribution in [0.3, 0.4) is 0 Å². The minimum atomic E-state index is -1.33. The number of carboxylic acids is 1. The first-order chi connectivity index (χ1) is 7.02. The van der Waals surface area contributed by atoms with Crippen molar-refractivity contribution in [2.24, 2.45) is 0 Å². The van der Waals surface area contributed by atoms with Crippen LogP contribution >= 0.6 is 0 Å². The predicted molar refractivity (Wildman–Crippen MR) is 56.5 cm³/mol. The second-order valence-electron chi connectivity index (χ2n) is 3.36. The van der Waals surface area contributed by atoms with Crippen molar-refractivity contribution in [2.45, 2.75) is 45.6 Å². The molecule has 4 heteroatoms. The summed E-state index contributed by atoms with van der Waals surface area (Å²) in [7, 11) is 0. The fourth-order valence-corrected chi connectivity index (χ4v) is 1.09. The van der Waals surface area contributed by atoms with Gasteiger partial charge in [0, 0.05) is 0 Å². The zero-order chi connectivity index (χ0) is 11.8. The van der Waals surface area contributed by atoms with Crippen LogP contribution in [0.25, 0.3) is 0 Å². The van der Waals surface area contributed by atoms with Crippen molar-refractivity contribution in [1.29, 1.82) is 0 Å². The van der Waals surface area contributed by atoms with Gasteiger partial charge in [-0.25, -0.2) is 9.59 Å². The summed E-state index contributed by atoms with van der Waals surface area (Å²) in [5.74, 6) is -2.16. The summed E-state index contributed by atoms with van der Waals surface area (Å²) in [4.78, 5) is 21.6. The molecule has 0 radical (unpaired) electrons. The normalized spacial score (nSPS) is 11.9. The van der Waals surface area contributed by atoms with Crippen LogP contribution in [0.1, 0.15) is 39.5 Å². The summed E-state index contributed by atoms with van der Waals surface area (Å²) in [5, 5.41) is 8.51. The zero-order valence-corrected chi connectivity index (χ0v) is 9.28. The number of carbonyl (C=O) groups is 2. The summed E-state index contributed by atoms with van der Waals surface area (Å²) in [5.41, 5.74) is -0.509. The number of rotatable bonds is 7. The van der Waals surface area contributed by atoms with Crippen molar-refractivity contribution in [3.05, 3.63) is 12.2 Å². The van der Waals surface area contributed by atoms with E-state index in [-0.39, 0.29) is 6.10 Å². The van der Waals surface area contributed by atoms with Gasteiger partial charge in [0.2, 0.25) is 0 Å². The standard InChI is InChI=1S/C11H18O4/c1-4-6-7-9(5-2)15-11(14)8(3)10(12)13/h9H,3-7H2,1-2H3,(H,12,13). The molecule has 0 heterocycles. The molecule has 1 atom stereocenters. The van der Waals surface area contributed by atoms with E-state index in [0.29, 0.717) is 6.42 Å². The van der Waals surface area contributed by atoms with Gasteiger partial charge in [-0.3, -0.25) is 0 Å². The Kier molecular flexibility index (Phi) is 6.42. The molecule has 0 aromatic rings. The molecule has 0 spiro atoms. The third kappa shape index (κ3) is 5.20. The van der Waals surface area contributed by atoms with Crippen LogP contribution in [0.2, 0.25) is 0 Å². The van der Waals surface area contributed by atoms with Crippen LogP contribution in [-0.4, -0.2) is 23.1 Å². The minimum absolute atomic E-state index is 0.200. The molecule has 0 saturated carbocycles. The molecule has 0 amide bonds. The highest BCUT2D eigenvalue weighted by Gasteiger charge is 2.19. The number of hydrogen-bond donors (Lipinski definition) is 1. The Morgan fingerprint density at radius 3 is 2.40 bits per heavy atom. The molecule has 86 valence electrons. The van der Waals surface area contributed by atoms with E-state index in [1.54, 1.807) is 0 Å². The minimum Gasteiger partial charge on any atom is -0.477 e. The van der Waals surface area contributed by atoms with E-state index < -0.39 is 17.5 Å². The highest BCUT2D eigenvalue weighted by molar-refractivity contribution is 6.12. The van der Waals surface area contributed by atoms with E-state index in [2.05, 4.69) is 6.58 Å². The number of unbranched alkanes of at least 4 members (excludes halogenated alkanes) is 1. The monoisotopic (exact) mass is 214 g/mol. The number of carbonyl (C=O) groups excluding carboxylic acids is 1. The summed E-state index contributed by atoms with van der Waals surface area (Å²) in [6.45, 7) is 7.09. The van der Waals surface area contributed by atoms with Crippen molar-refractivity contribution in [3.8, 4) is 0 Å². The zero-order valence-electron chi connectivity index (χ0n) is 9.28. The number of hydrogen-bond acceptors (Lipinski definition) is 3. The van der Waals surface area contributed by atoms with Gasteiger partial charge in [-0.05, 0) is 12.8 Å². The predicted octanol–water partition coefficient (Wildman–Crippen LogP) is 2.14. The van der Waals surface area contributed by atoms with Crippen molar-refractivity contribution >= 4 is 11.9 Å². The van der Waals surface area contributed by atoms with Gasteiger partial charge in [-0.2, -0.15) is 0 Å². The van der Waals surface area contributed by atoms with Gasteiger partial charge in [-0.1, -0.05) is 33.3 Å². The lowest BCUT2D eigenvalue weighted by atomic mass is 10.1. The fourth-order valence-electron chi connectivity index (χ4n) is 1.09. The van der Waals surface area contributed by atoms with E-state index in [0.717, 1.165) is 19.3 Å². The number of aliphatic carboxylic acids is 1. The lowest BCUT2D eigenvalue weighted by Crippen LogP contribution is -2.21. The van der Waals surface area contributed by atoms with Gasteiger partial charge in [0.05, 0.1) is 0 Å². The van der Waals surface area contributed by atoms with Gasteiger partial charge in [-0.15, -0.1) is 0 Å². The Bertz CT molecular complexity index is 245. The first-order valence-corrected chi connectivity index (χ1v) is 5.16. The van der Waals surface area contributed by atoms with E-state index in [9.17, 15) is 9.59 Å². The fraction of sp³-hybridized carbons (Fsp3) is 0.636.